The molecular formula is C19H30IN5S. The molecule has 2 rings (SSSR count). The molecular weight excluding hydrogens is 457 g/mol. The maximum atomic E-state index is 4.71. The van der Waals surface area contributed by atoms with E-state index in [-0.39, 0.29) is 24.0 Å². The van der Waals surface area contributed by atoms with Gasteiger partial charge in [-0.1, -0.05) is 17.7 Å². The predicted octanol–water partition coefficient (Wildman–Crippen LogP) is 3.81. The van der Waals surface area contributed by atoms with E-state index >= 15 is 0 Å². The minimum absolute atomic E-state index is 0. The van der Waals surface area contributed by atoms with Crippen molar-refractivity contribution in [2.24, 2.45) is 12.0 Å². The third-order valence-electron chi connectivity index (χ3n) is 4.08. The molecule has 144 valence electrons. The van der Waals surface area contributed by atoms with Crippen LogP contribution < -0.4 is 10.6 Å². The summed E-state index contributed by atoms with van der Waals surface area (Å²) in [5.41, 5.74) is 4.72. The molecule has 0 aliphatic heterocycles. The van der Waals surface area contributed by atoms with E-state index in [0.29, 0.717) is 6.54 Å². The van der Waals surface area contributed by atoms with Crippen LogP contribution >= 0.6 is 35.7 Å². The summed E-state index contributed by atoms with van der Waals surface area (Å²) in [6.07, 6.45) is 0. The van der Waals surface area contributed by atoms with Gasteiger partial charge in [0.15, 0.2) is 5.96 Å². The number of aryl methyl sites for hydroxylation is 3. The summed E-state index contributed by atoms with van der Waals surface area (Å²) in [6.45, 7) is 10.7. The molecule has 1 aromatic carbocycles. The van der Waals surface area contributed by atoms with Crippen LogP contribution in [0.5, 0.6) is 0 Å². The van der Waals surface area contributed by atoms with Gasteiger partial charge >= 0.3 is 0 Å². The maximum absolute atomic E-state index is 4.71. The number of hydrogen-bond donors (Lipinski definition) is 2. The topological polar surface area (TPSA) is 54.2 Å². The highest BCUT2D eigenvalue weighted by Crippen LogP contribution is 2.17. The van der Waals surface area contributed by atoms with E-state index in [9.17, 15) is 0 Å². The molecule has 0 aliphatic rings. The van der Waals surface area contributed by atoms with Crippen molar-refractivity contribution in [2.75, 3.05) is 18.8 Å². The number of hydrogen-bond acceptors (Lipinski definition) is 3. The van der Waals surface area contributed by atoms with Crippen LogP contribution in [0.3, 0.4) is 0 Å². The van der Waals surface area contributed by atoms with E-state index < -0.39 is 0 Å². The van der Waals surface area contributed by atoms with Crippen molar-refractivity contribution in [3.63, 3.8) is 0 Å². The van der Waals surface area contributed by atoms with Crippen LogP contribution in [0.1, 0.15) is 29.4 Å². The van der Waals surface area contributed by atoms with Crippen LogP contribution in [-0.2, 0) is 13.6 Å². The second kappa shape index (κ2) is 11.5. The number of halogens is 1. The molecule has 0 saturated carbocycles. The zero-order valence-corrected chi connectivity index (χ0v) is 19.4. The molecule has 0 aliphatic carbocycles. The molecule has 0 radical (unpaired) electrons. The Bertz CT molecular complexity index is 709. The normalized spacial score (nSPS) is 11.2. The molecule has 0 spiro atoms. The van der Waals surface area contributed by atoms with E-state index in [0.717, 1.165) is 30.5 Å². The zero-order chi connectivity index (χ0) is 18.2. The summed E-state index contributed by atoms with van der Waals surface area (Å²) in [7, 11) is 1.97. The van der Waals surface area contributed by atoms with E-state index in [4.69, 9.17) is 4.99 Å². The Hall–Kier alpha value is -1.22. The Morgan fingerprint density at radius 1 is 1.15 bits per heavy atom. The number of benzene rings is 1. The highest BCUT2D eigenvalue weighted by Gasteiger charge is 2.08. The van der Waals surface area contributed by atoms with Gasteiger partial charge in [0, 0.05) is 42.0 Å². The highest BCUT2D eigenvalue weighted by atomic mass is 127. The van der Waals surface area contributed by atoms with Crippen LogP contribution in [0.15, 0.2) is 34.2 Å². The number of aliphatic imine (C=N–C) groups is 1. The van der Waals surface area contributed by atoms with Crippen LogP contribution in [0, 0.1) is 20.8 Å². The van der Waals surface area contributed by atoms with E-state index in [1.54, 1.807) is 0 Å². The fourth-order valence-corrected chi connectivity index (χ4v) is 3.29. The predicted molar refractivity (Wildman–Crippen MR) is 123 cm³/mol. The van der Waals surface area contributed by atoms with Gasteiger partial charge in [-0.15, -0.1) is 35.7 Å². The molecule has 0 saturated heterocycles. The van der Waals surface area contributed by atoms with Crippen LogP contribution in [-0.4, -0.2) is 34.6 Å². The van der Waals surface area contributed by atoms with Gasteiger partial charge in [-0.25, -0.2) is 4.99 Å². The Morgan fingerprint density at radius 3 is 2.42 bits per heavy atom. The second-order valence-corrected chi connectivity index (χ2v) is 7.22. The first-order valence-corrected chi connectivity index (χ1v) is 9.70. The summed E-state index contributed by atoms with van der Waals surface area (Å²) in [6, 6.07) is 8.65. The lowest BCUT2D eigenvalue weighted by molar-refractivity contribution is 0.730. The highest BCUT2D eigenvalue weighted by molar-refractivity contribution is 14.0. The lowest BCUT2D eigenvalue weighted by Gasteiger charge is -2.11. The van der Waals surface area contributed by atoms with Gasteiger partial charge in [-0.3, -0.25) is 4.68 Å². The van der Waals surface area contributed by atoms with Crippen molar-refractivity contribution >= 4 is 41.7 Å². The molecule has 2 N–H and O–H groups in total. The molecule has 0 atom stereocenters. The summed E-state index contributed by atoms with van der Waals surface area (Å²) in [4.78, 5) is 6.01. The summed E-state index contributed by atoms with van der Waals surface area (Å²) < 4.78 is 1.92. The second-order valence-electron chi connectivity index (χ2n) is 6.06. The fraction of sp³-hybridized carbons (Fsp3) is 0.474. The van der Waals surface area contributed by atoms with Crippen LogP contribution in [0.4, 0.5) is 0 Å². The quantitative estimate of drug-likeness (QED) is 0.205. The Balaban J connectivity index is 0.00000338. The smallest absolute Gasteiger partial charge is 0.191 e. The third kappa shape index (κ3) is 6.83. The first-order chi connectivity index (χ1) is 12.0. The fourth-order valence-electron chi connectivity index (χ4n) is 2.52. The van der Waals surface area contributed by atoms with Crippen LogP contribution in [0.25, 0.3) is 0 Å². The molecule has 2 aromatic rings. The Morgan fingerprint density at radius 2 is 1.85 bits per heavy atom. The lowest BCUT2D eigenvalue weighted by atomic mass is 10.2. The molecule has 7 heteroatoms. The van der Waals surface area contributed by atoms with Gasteiger partial charge in [-0.2, -0.15) is 5.10 Å². The third-order valence-corrected chi connectivity index (χ3v) is 5.10. The van der Waals surface area contributed by atoms with E-state index in [2.05, 4.69) is 60.8 Å². The zero-order valence-electron chi connectivity index (χ0n) is 16.3. The number of nitrogens with zero attached hydrogens (tertiary/aromatic N) is 3. The van der Waals surface area contributed by atoms with Gasteiger partial charge in [0.25, 0.3) is 0 Å². The van der Waals surface area contributed by atoms with Gasteiger partial charge in [0.1, 0.15) is 0 Å². The number of aromatic nitrogens is 2. The van der Waals surface area contributed by atoms with Crippen molar-refractivity contribution < 1.29 is 0 Å². The van der Waals surface area contributed by atoms with Crippen molar-refractivity contribution in [3.05, 3.63) is 46.8 Å². The summed E-state index contributed by atoms with van der Waals surface area (Å²) in [5.74, 6) is 1.85. The number of rotatable bonds is 7. The van der Waals surface area contributed by atoms with Crippen LogP contribution in [0.2, 0.25) is 0 Å². The minimum Gasteiger partial charge on any atom is -0.357 e. The molecule has 0 unspecified atom stereocenters. The summed E-state index contributed by atoms with van der Waals surface area (Å²) in [5, 5.41) is 11.2. The van der Waals surface area contributed by atoms with Gasteiger partial charge in [0.05, 0.1) is 12.2 Å². The average Bonchev–Trinajstić information content (AvgIpc) is 2.83. The van der Waals surface area contributed by atoms with Crippen molar-refractivity contribution in [2.45, 2.75) is 39.1 Å². The first-order valence-electron chi connectivity index (χ1n) is 8.72. The van der Waals surface area contributed by atoms with E-state index in [1.165, 1.54) is 21.7 Å². The lowest BCUT2D eigenvalue weighted by Crippen LogP contribution is -2.38. The SMILES string of the molecule is CCNC(=NCc1c(C)nn(C)c1C)NCCSc1ccc(C)cc1.I. The van der Waals surface area contributed by atoms with Crippen molar-refractivity contribution in [1.29, 1.82) is 0 Å². The molecule has 0 fully saturated rings. The van der Waals surface area contributed by atoms with Crippen molar-refractivity contribution in [1.82, 2.24) is 20.4 Å². The molecule has 1 aromatic heterocycles. The molecule has 1 heterocycles. The molecule has 0 bridgehead atoms. The first kappa shape index (κ1) is 22.8. The van der Waals surface area contributed by atoms with Gasteiger partial charge < -0.3 is 10.6 Å². The number of thioether (sulfide) groups is 1. The average molecular weight is 487 g/mol. The number of nitrogens with one attached hydrogen (secondary N) is 2. The Labute approximate surface area is 178 Å². The summed E-state index contributed by atoms with van der Waals surface area (Å²) >= 11 is 1.85. The molecule has 5 nitrogen and oxygen atoms in total. The largest absolute Gasteiger partial charge is 0.357 e. The van der Waals surface area contributed by atoms with E-state index in [1.807, 2.05) is 30.4 Å². The maximum Gasteiger partial charge on any atom is 0.191 e. The standard InChI is InChI=1S/C19H29N5S.HI/c1-6-20-19(22-13-18-15(3)23-24(5)16(18)4)21-11-12-25-17-9-7-14(2)8-10-17;/h7-10H,6,11-13H2,1-5H3,(H2,20,21,22);1H. The van der Waals surface area contributed by atoms with Crippen molar-refractivity contribution in [3.8, 4) is 0 Å². The number of guanidine groups is 1. The van der Waals surface area contributed by atoms with Gasteiger partial charge in [-0.05, 0) is 39.8 Å². The molecule has 26 heavy (non-hydrogen) atoms. The molecule has 0 amide bonds. The van der Waals surface area contributed by atoms with Gasteiger partial charge in [0.2, 0.25) is 0 Å². The Kier molecular flexibility index (Phi) is 10.1. The minimum atomic E-state index is 0. The monoisotopic (exact) mass is 487 g/mol.